The summed E-state index contributed by atoms with van der Waals surface area (Å²) < 4.78 is 58.8. The van der Waals surface area contributed by atoms with Crippen molar-refractivity contribution in [2.24, 2.45) is 29.3 Å². The van der Waals surface area contributed by atoms with E-state index in [4.69, 9.17) is 14.5 Å². The van der Waals surface area contributed by atoms with Crippen LogP contribution in [0.25, 0.3) is 11.3 Å². The Bertz CT molecular complexity index is 2280. The average molecular weight is 959 g/mol. The number of hydrogen-bond donors (Lipinski definition) is 2. The summed E-state index contributed by atoms with van der Waals surface area (Å²) in [5.74, 6) is -2.51. The number of methoxy groups -OCH3 is 1. The van der Waals surface area contributed by atoms with Crippen LogP contribution in [0.15, 0.2) is 23.8 Å². The maximum absolute atomic E-state index is 14.7. The van der Waals surface area contributed by atoms with Crippen molar-refractivity contribution in [3.05, 3.63) is 41.4 Å². The van der Waals surface area contributed by atoms with Gasteiger partial charge in [0.2, 0.25) is 17.7 Å². The molecule has 6 bridgehead atoms. The summed E-state index contributed by atoms with van der Waals surface area (Å²) in [6.07, 6.45) is -0.715. The van der Waals surface area contributed by atoms with E-state index in [0.29, 0.717) is 84.3 Å². The first-order valence-corrected chi connectivity index (χ1v) is 24.1. The Morgan fingerprint density at radius 2 is 1.90 bits per heavy atom. The molecule has 5 aliphatic rings. The minimum atomic E-state index is -4.54. The van der Waals surface area contributed by atoms with E-state index in [-0.39, 0.29) is 56.4 Å². The highest BCUT2D eigenvalue weighted by atomic mass is 32.2. The molecule has 2 aromatic heterocycles. The highest BCUT2D eigenvalue weighted by molar-refractivity contribution is 8.14. The Morgan fingerprint density at radius 1 is 1.15 bits per heavy atom. The Labute approximate surface area is 394 Å². The van der Waals surface area contributed by atoms with Gasteiger partial charge in [-0.3, -0.25) is 43.6 Å². The number of halogens is 3. The zero-order chi connectivity index (χ0) is 48.7. The van der Waals surface area contributed by atoms with Crippen molar-refractivity contribution >= 4 is 46.4 Å². The number of likely N-dealkylation sites (tertiary alicyclic amines) is 1. The summed E-state index contributed by atoms with van der Waals surface area (Å²) in [6, 6.07) is -3.00. The topological polar surface area (TPSA) is 176 Å². The molecule has 2 N–H and O–H groups in total. The summed E-state index contributed by atoms with van der Waals surface area (Å²) in [5, 5.41) is 9.44. The van der Waals surface area contributed by atoms with Gasteiger partial charge in [0.15, 0.2) is 0 Å². The molecule has 2 unspecified atom stereocenters. The van der Waals surface area contributed by atoms with Crippen LogP contribution in [0.3, 0.4) is 0 Å². The number of nitrogens with zero attached hydrogens (tertiary/aromatic N) is 8. The molecule has 4 amide bonds. The van der Waals surface area contributed by atoms with E-state index in [0.717, 1.165) is 5.56 Å². The number of ether oxygens (including phenoxy) is 2. The van der Waals surface area contributed by atoms with E-state index >= 15 is 0 Å². The van der Waals surface area contributed by atoms with Gasteiger partial charge >= 0.3 is 12.1 Å². The summed E-state index contributed by atoms with van der Waals surface area (Å²) in [4.78, 5) is 79.3. The molecule has 67 heavy (non-hydrogen) atoms. The average Bonchev–Trinajstić information content (AvgIpc) is 4.10. The van der Waals surface area contributed by atoms with Crippen molar-refractivity contribution in [1.29, 1.82) is 0 Å². The smallest absolute Gasteiger partial charge is 0.406 e. The molecule has 0 aliphatic carbocycles. The fourth-order valence-electron chi connectivity index (χ4n) is 10.3. The number of nitrogens with one attached hydrogen (secondary N) is 2. The van der Waals surface area contributed by atoms with Crippen molar-refractivity contribution in [1.82, 2.24) is 44.8 Å². The van der Waals surface area contributed by atoms with E-state index in [9.17, 15) is 37.1 Å². The monoisotopic (exact) mass is 958 g/mol. The lowest BCUT2D eigenvalue weighted by Crippen LogP contribution is -2.62. The van der Waals surface area contributed by atoms with Gasteiger partial charge in [-0.2, -0.15) is 18.3 Å². The second kappa shape index (κ2) is 20.1. The largest absolute Gasteiger partial charge is 0.464 e. The molecular formula is C46H65F3N10O7S. The van der Waals surface area contributed by atoms with Gasteiger partial charge in [0, 0.05) is 89.2 Å². The number of cyclic esters (lactones) is 1. The van der Waals surface area contributed by atoms with Crippen LogP contribution in [-0.2, 0) is 66.4 Å². The van der Waals surface area contributed by atoms with Gasteiger partial charge in [-0.15, -0.1) is 11.8 Å². The predicted molar refractivity (Wildman–Crippen MR) is 245 cm³/mol. The second-order valence-corrected chi connectivity index (χ2v) is 20.7. The number of carbonyl (C=O) groups is 5. The van der Waals surface area contributed by atoms with Gasteiger partial charge in [0.1, 0.15) is 30.8 Å². The van der Waals surface area contributed by atoms with Crippen molar-refractivity contribution in [2.75, 3.05) is 52.7 Å². The first-order valence-electron chi connectivity index (χ1n) is 23.1. The molecule has 0 aromatic carbocycles. The van der Waals surface area contributed by atoms with Gasteiger partial charge in [0.25, 0.3) is 5.91 Å². The van der Waals surface area contributed by atoms with Crippen molar-refractivity contribution in [3.8, 4) is 11.3 Å². The molecule has 21 heteroatoms. The standard InChI is InChI=1S/C46H65F3N10O7S/c1-10-37(60)57-16-13-28(21-57)42(62)54(7)38(26(2)3)41(61)51-33-18-36-52-35(23-67-36)56-17-14-34-31(22-56)29(19-45(5,6)25-66-44(64)32-12-11-15-59(53-32)43(33)63)40(58(34)24-46(47,48)49)30-20-50-55(8)39(30)27(4)65-9/h10,20,26-28,32-33,35,38,53H,1,11-19,21-25H2,2-9H3,(H,51,61)/t27-,28-,32-,33-,35?,38-/m0/s1. The molecule has 5 aliphatic heterocycles. The highest BCUT2D eigenvalue weighted by Gasteiger charge is 2.43. The third kappa shape index (κ3) is 10.8. The second-order valence-electron chi connectivity index (χ2n) is 19.6. The lowest BCUT2D eigenvalue weighted by atomic mass is 9.83. The van der Waals surface area contributed by atoms with Gasteiger partial charge in [-0.1, -0.05) is 34.3 Å². The van der Waals surface area contributed by atoms with Crippen LogP contribution in [0.4, 0.5) is 13.2 Å². The zero-order valence-corrected chi connectivity index (χ0v) is 40.6. The summed E-state index contributed by atoms with van der Waals surface area (Å²) >= 11 is 1.45. The molecule has 2 fully saturated rings. The number of aromatic nitrogens is 3. The van der Waals surface area contributed by atoms with E-state index < -0.39 is 66.1 Å². The molecule has 7 rings (SSSR count). The molecule has 2 saturated heterocycles. The van der Waals surface area contributed by atoms with Crippen LogP contribution >= 0.6 is 11.8 Å². The Hall–Kier alpha value is -4.73. The quantitative estimate of drug-likeness (QED) is 0.260. The first kappa shape index (κ1) is 50.2. The predicted octanol–water partition coefficient (Wildman–Crippen LogP) is 4.00. The van der Waals surface area contributed by atoms with Crippen LogP contribution in [0.5, 0.6) is 0 Å². The molecule has 0 radical (unpaired) electrons. The van der Waals surface area contributed by atoms with Crippen LogP contribution in [0.2, 0.25) is 0 Å². The number of carbonyl (C=O) groups excluding carboxylic acids is 5. The molecule has 7 heterocycles. The summed E-state index contributed by atoms with van der Waals surface area (Å²) in [5.41, 5.74) is 5.94. The lowest BCUT2D eigenvalue weighted by Gasteiger charge is -2.37. The zero-order valence-electron chi connectivity index (χ0n) is 39.8. The minimum absolute atomic E-state index is 0.0227. The van der Waals surface area contributed by atoms with Gasteiger partial charge in [0.05, 0.1) is 41.3 Å². The number of fused-ring (bicyclic) bond motifs is 5. The molecular weight excluding hydrogens is 894 g/mol. The van der Waals surface area contributed by atoms with Gasteiger partial charge in [-0.25, -0.2) is 5.43 Å². The summed E-state index contributed by atoms with van der Waals surface area (Å²) in [6.45, 7) is 13.2. The number of likely N-dealkylation sites (N-methyl/N-ethyl adjacent to an activating group) is 1. The number of amides is 4. The number of hydrazine groups is 1. The van der Waals surface area contributed by atoms with Gasteiger partial charge < -0.3 is 29.2 Å². The fourth-order valence-corrected chi connectivity index (χ4v) is 11.4. The number of alkyl halides is 3. The van der Waals surface area contributed by atoms with Crippen molar-refractivity contribution < 1.29 is 46.6 Å². The minimum Gasteiger partial charge on any atom is -0.464 e. The van der Waals surface area contributed by atoms with Crippen molar-refractivity contribution in [3.63, 3.8) is 0 Å². The van der Waals surface area contributed by atoms with E-state index in [2.05, 4.69) is 27.3 Å². The molecule has 2 aromatic rings. The normalized spacial score (nSPS) is 25.5. The SMILES string of the molecule is C=CC(=O)N1CC[C@H](C(=O)N(C)[C@H](C(=O)N[C@H]2CC3=NC(CS3)N3CCc4c(c(c(-c5cnn(C)c5[C@H](C)OC)n4CC(F)(F)F)CC(C)(C)COC(=O)[C@@H]4CCCN(N4)C2=O)C3)C(C)C)C1. The molecule has 17 nitrogen and oxygen atoms in total. The summed E-state index contributed by atoms with van der Waals surface area (Å²) in [7, 11) is 4.85. The Balaban J connectivity index is 1.24. The molecule has 0 saturated carbocycles. The number of thioether (sulfide) groups is 1. The Morgan fingerprint density at radius 3 is 2.58 bits per heavy atom. The lowest BCUT2D eigenvalue weighted by molar-refractivity contribution is -0.155. The Kier molecular flexibility index (Phi) is 15.0. The third-order valence-corrected chi connectivity index (χ3v) is 14.8. The number of esters is 1. The number of hydrogen-bond acceptors (Lipinski definition) is 12. The van der Waals surface area contributed by atoms with Crippen LogP contribution < -0.4 is 10.7 Å². The van der Waals surface area contributed by atoms with Crippen molar-refractivity contribution in [2.45, 2.75) is 123 Å². The van der Waals surface area contributed by atoms with E-state index in [1.165, 1.54) is 32.3 Å². The van der Waals surface area contributed by atoms with Crippen LogP contribution in [-0.4, -0.2) is 152 Å². The highest BCUT2D eigenvalue weighted by Crippen LogP contribution is 2.43. The van der Waals surface area contributed by atoms with Gasteiger partial charge in [-0.05, 0) is 55.7 Å². The van der Waals surface area contributed by atoms with E-state index in [1.54, 1.807) is 37.0 Å². The maximum Gasteiger partial charge on any atom is 0.406 e. The molecule has 7 atom stereocenters. The molecule has 0 spiro atoms. The van der Waals surface area contributed by atoms with E-state index in [1.807, 2.05) is 34.6 Å². The number of aliphatic imine (C=N–C) groups is 1. The maximum atomic E-state index is 14.7. The first-order chi connectivity index (χ1) is 31.6. The molecule has 368 valence electrons. The number of rotatable bonds is 10. The fraction of sp³-hybridized carbons (Fsp3) is 0.674. The van der Waals surface area contributed by atoms with Crippen LogP contribution in [0, 0.1) is 17.3 Å². The third-order valence-electron chi connectivity index (χ3n) is 13.7. The van der Waals surface area contributed by atoms with Crippen LogP contribution in [0.1, 0.15) is 88.9 Å². The number of aryl methyl sites for hydroxylation is 1.